The summed E-state index contributed by atoms with van der Waals surface area (Å²) in [6.45, 7) is 5.03. The maximum absolute atomic E-state index is 12.3. The van der Waals surface area contributed by atoms with Crippen LogP contribution in [-0.4, -0.2) is 18.5 Å². The summed E-state index contributed by atoms with van der Waals surface area (Å²) in [6.07, 6.45) is 3.19. The Morgan fingerprint density at radius 1 is 1.55 bits per heavy atom. The fourth-order valence-corrected chi connectivity index (χ4v) is 3.25. The quantitative estimate of drug-likeness (QED) is 0.852. The molecule has 2 rings (SSSR count). The van der Waals surface area contributed by atoms with Crippen molar-refractivity contribution in [2.75, 3.05) is 11.9 Å². The van der Waals surface area contributed by atoms with Crippen LogP contribution in [0, 0.1) is 12.8 Å². The van der Waals surface area contributed by atoms with Crippen LogP contribution < -0.4 is 10.6 Å². The predicted octanol–water partition coefficient (Wildman–Crippen LogP) is 4.13. The molecule has 1 aromatic rings. The van der Waals surface area contributed by atoms with E-state index >= 15 is 0 Å². The molecular formula is C15H20BrClN2O. The molecule has 1 aliphatic heterocycles. The first-order valence-corrected chi connectivity index (χ1v) is 8.18. The van der Waals surface area contributed by atoms with Gasteiger partial charge in [0.2, 0.25) is 5.91 Å². The number of carbonyl (C=O) groups excluding carboxylic acids is 1. The van der Waals surface area contributed by atoms with Crippen molar-refractivity contribution in [2.24, 2.45) is 5.92 Å². The maximum Gasteiger partial charge on any atom is 0.241 e. The van der Waals surface area contributed by atoms with E-state index in [-0.39, 0.29) is 11.9 Å². The van der Waals surface area contributed by atoms with Gasteiger partial charge in [0.1, 0.15) is 0 Å². The Hall–Kier alpha value is -0.580. The van der Waals surface area contributed by atoms with Crippen molar-refractivity contribution >= 4 is 39.1 Å². The van der Waals surface area contributed by atoms with E-state index < -0.39 is 0 Å². The second kappa shape index (κ2) is 6.92. The SMILES string of the molecule is CCC1CCNC(C(=O)Nc2cc(Cl)c(C)cc2Br)C1. The van der Waals surface area contributed by atoms with Crippen molar-refractivity contribution in [1.82, 2.24) is 5.32 Å². The van der Waals surface area contributed by atoms with Crippen LogP contribution in [-0.2, 0) is 4.79 Å². The summed E-state index contributed by atoms with van der Waals surface area (Å²) in [4.78, 5) is 12.3. The highest BCUT2D eigenvalue weighted by Gasteiger charge is 2.26. The molecule has 20 heavy (non-hydrogen) atoms. The third kappa shape index (κ3) is 3.74. The van der Waals surface area contributed by atoms with Gasteiger partial charge in [-0.2, -0.15) is 0 Å². The summed E-state index contributed by atoms with van der Waals surface area (Å²) in [5.41, 5.74) is 1.71. The topological polar surface area (TPSA) is 41.1 Å². The van der Waals surface area contributed by atoms with E-state index in [9.17, 15) is 4.79 Å². The van der Waals surface area contributed by atoms with Gasteiger partial charge in [-0.15, -0.1) is 0 Å². The first-order valence-electron chi connectivity index (χ1n) is 7.01. The summed E-state index contributed by atoms with van der Waals surface area (Å²) >= 11 is 9.58. The highest BCUT2D eigenvalue weighted by Crippen LogP contribution is 2.29. The number of carbonyl (C=O) groups is 1. The molecule has 1 heterocycles. The zero-order valence-electron chi connectivity index (χ0n) is 11.8. The minimum atomic E-state index is -0.110. The standard InChI is InChI=1S/C15H20BrClN2O/c1-3-10-4-5-18-14(7-10)15(20)19-13-8-12(17)9(2)6-11(13)16/h6,8,10,14,18H,3-5,7H2,1-2H3,(H,19,20). The van der Waals surface area contributed by atoms with Gasteiger partial charge in [0.05, 0.1) is 11.7 Å². The molecule has 5 heteroatoms. The monoisotopic (exact) mass is 358 g/mol. The van der Waals surface area contributed by atoms with E-state index in [4.69, 9.17) is 11.6 Å². The molecule has 1 amide bonds. The van der Waals surface area contributed by atoms with E-state index in [1.54, 1.807) is 6.07 Å². The average Bonchev–Trinajstić information content (AvgIpc) is 2.44. The molecule has 0 bridgehead atoms. The zero-order valence-corrected chi connectivity index (χ0v) is 14.1. The largest absolute Gasteiger partial charge is 0.324 e. The van der Waals surface area contributed by atoms with Gasteiger partial charge in [0, 0.05) is 9.50 Å². The molecule has 0 aromatic heterocycles. The summed E-state index contributed by atoms with van der Waals surface area (Å²) < 4.78 is 0.857. The molecule has 1 fully saturated rings. The number of hydrogen-bond acceptors (Lipinski definition) is 2. The Balaban J connectivity index is 2.06. The predicted molar refractivity (Wildman–Crippen MR) is 87.3 cm³/mol. The van der Waals surface area contributed by atoms with Crippen LogP contribution in [0.15, 0.2) is 16.6 Å². The molecule has 110 valence electrons. The molecule has 3 nitrogen and oxygen atoms in total. The minimum Gasteiger partial charge on any atom is -0.324 e. The Morgan fingerprint density at radius 3 is 3.00 bits per heavy atom. The number of anilines is 1. The molecule has 2 unspecified atom stereocenters. The lowest BCUT2D eigenvalue weighted by molar-refractivity contribution is -0.119. The average molecular weight is 360 g/mol. The molecule has 2 N–H and O–H groups in total. The normalized spacial score (nSPS) is 22.6. The van der Waals surface area contributed by atoms with E-state index in [0.29, 0.717) is 10.9 Å². The molecule has 1 aromatic carbocycles. The van der Waals surface area contributed by atoms with Gasteiger partial charge < -0.3 is 10.6 Å². The number of piperidine rings is 1. The first-order chi connectivity index (χ1) is 9.51. The van der Waals surface area contributed by atoms with Crippen LogP contribution >= 0.6 is 27.5 Å². The van der Waals surface area contributed by atoms with E-state index in [1.165, 1.54) is 0 Å². The molecule has 0 spiro atoms. The Bertz CT molecular complexity index is 507. The number of amides is 1. The number of benzene rings is 1. The second-order valence-corrected chi connectivity index (χ2v) is 6.64. The summed E-state index contributed by atoms with van der Waals surface area (Å²) in [6, 6.07) is 3.60. The lowest BCUT2D eigenvalue weighted by Gasteiger charge is -2.29. The van der Waals surface area contributed by atoms with Crippen LogP contribution in [0.2, 0.25) is 5.02 Å². The summed E-state index contributed by atoms with van der Waals surface area (Å²) in [5, 5.41) is 6.91. The number of rotatable bonds is 3. The van der Waals surface area contributed by atoms with Crippen molar-refractivity contribution in [3.8, 4) is 0 Å². The van der Waals surface area contributed by atoms with Crippen LogP contribution in [0.4, 0.5) is 5.69 Å². The molecule has 0 radical (unpaired) electrons. The van der Waals surface area contributed by atoms with Gasteiger partial charge in [-0.05, 0) is 65.9 Å². The Labute approximate surface area is 133 Å². The fraction of sp³-hybridized carbons (Fsp3) is 0.533. The Morgan fingerprint density at radius 2 is 2.30 bits per heavy atom. The summed E-state index contributed by atoms with van der Waals surface area (Å²) in [5.74, 6) is 0.654. The highest BCUT2D eigenvalue weighted by atomic mass is 79.9. The number of halogens is 2. The molecule has 2 atom stereocenters. The molecule has 1 saturated heterocycles. The third-order valence-electron chi connectivity index (χ3n) is 3.91. The molecule has 0 aliphatic carbocycles. The summed E-state index contributed by atoms with van der Waals surface area (Å²) in [7, 11) is 0. The van der Waals surface area contributed by atoms with Crippen molar-refractivity contribution in [3.63, 3.8) is 0 Å². The molecule has 1 aliphatic rings. The van der Waals surface area contributed by atoms with E-state index in [1.807, 2.05) is 13.0 Å². The minimum absolute atomic E-state index is 0.0174. The van der Waals surface area contributed by atoms with Crippen molar-refractivity contribution in [3.05, 3.63) is 27.2 Å². The third-order valence-corrected chi connectivity index (χ3v) is 4.98. The van der Waals surface area contributed by atoms with Crippen LogP contribution in [0.3, 0.4) is 0 Å². The molecule has 0 saturated carbocycles. The van der Waals surface area contributed by atoms with Crippen LogP contribution in [0.25, 0.3) is 0 Å². The van der Waals surface area contributed by atoms with E-state index in [2.05, 4.69) is 33.5 Å². The van der Waals surface area contributed by atoms with Crippen LogP contribution in [0.5, 0.6) is 0 Å². The zero-order chi connectivity index (χ0) is 14.7. The maximum atomic E-state index is 12.3. The van der Waals surface area contributed by atoms with Crippen molar-refractivity contribution in [2.45, 2.75) is 39.2 Å². The van der Waals surface area contributed by atoms with Crippen LogP contribution in [0.1, 0.15) is 31.7 Å². The molecular weight excluding hydrogens is 340 g/mol. The van der Waals surface area contributed by atoms with Gasteiger partial charge in [-0.25, -0.2) is 0 Å². The Kier molecular flexibility index (Phi) is 5.47. The smallest absolute Gasteiger partial charge is 0.241 e. The van der Waals surface area contributed by atoms with Gasteiger partial charge in [0.25, 0.3) is 0 Å². The lowest BCUT2D eigenvalue weighted by Crippen LogP contribution is -2.46. The number of aryl methyl sites for hydroxylation is 1. The van der Waals surface area contributed by atoms with Gasteiger partial charge in [0.15, 0.2) is 0 Å². The lowest BCUT2D eigenvalue weighted by atomic mass is 9.90. The van der Waals surface area contributed by atoms with Crippen molar-refractivity contribution < 1.29 is 4.79 Å². The van der Waals surface area contributed by atoms with Crippen molar-refractivity contribution in [1.29, 1.82) is 0 Å². The fourth-order valence-electron chi connectivity index (χ4n) is 2.53. The number of hydrogen-bond donors (Lipinski definition) is 2. The van der Waals surface area contributed by atoms with E-state index in [0.717, 1.165) is 41.5 Å². The number of nitrogens with one attached hydrogen (secondary N) is 2. The first kappa shape index (κ1) is 15.8. The van der Waals surface area contributed by atoms with Gasteiger partial charge >= 0.3 is 0 Å². The second-order valence-electron chi connectivity index (χ2n) is 5.38. The van der Waals surface area contributed by atoms with Gasteiger partial charge in [-0.1, -0.05) is 24.9 Å². The van der Waals surface area contributed by atoms with Gasteiger partial charge in [-0.3, -0.25) is 4.79 Å². The highest BCUT2D eigenvalue weighted by molar-refractivity contribution is 9.10.